The minimum Gasteiger partial charge on any atom is -0.476 e. The monoisotopic (exact) mass is 199 g/mol. The van der Waals surface area contributed by atoms with Crippen molar-refractivity contribution in [3.63, 3.8) is 0 Å². The van der Waals surface area contributed by atoms with Crippen LogP contribution in [0.2, 0.25) is 0 Å². The molecule has 0 aromatic carbocycles. The number of nitrogens with zero attached hydrogens (tertiary/aromatic N) is 1. The molecule has 5 nitrogen and oxygen atoms in total. The van der Waals surface area contributed by atoms with Crippen LogP contribution in [0.4, 0.5) is 0 Å². The molecular weight excluding hydrogens is 186 g/mol. The normalized spacial score (nSPS) is 10.9. The van der Waals surface area contributed by atoms with Gasteiger partial charge in [0.2, 0.25) is 5.89 Å². The second-order valence-corrected chi connectivity index (χ2v) is 3.21. The van der Waals surface area contributed by atoms with E-state index in [0.29, 0.717) is 11.7 Å². The van der Waals surface area contributed by atoms with E-state index in [1.54, 1.807) is 0 Å². The van der Waals surface area contributed by atoms with Crippen LogP contribution < -0.4 is 0 Å². The molecule has 0 radical (unpaired) electrons. The summed E-state index contributed by atoms with van der Waals surface area (Å²) in [6.45, 7) is 3.89. The van der Waals surface area contributed by atoms with Crippen molar-refractivity contribution in [2.24, 2.45) is 0 Å². The molecule has 1 heterocycles. The summed E-state index contributed by atoms with van der Waals surface area (Å²) in [7, 11) is 1.50. The number of carboxylic acid groups (broad SMARTS) is 1. The van der Waals surface area contributed by atoms with E-state index in [1.807, 2.05) is 13.8 Å². The number of hydrogen-bond acceptors (Lipinski definition) is 4. The fourth-order valence-corrected chi connectivity index (χ4v) is 1.11. The van der Waals surface area contributed by atoms with Crippen LogP contribution >= 0.6 is 0 Å². The van der Waals surface area contributed by atoms with Crippen molar-refractivity contribution in [3.8, 4) is 0 Å². The average molecular weight is 199 g/mol. The first kappa shape index (κ1) is 10.7. The van der Waals surface area contributed by atoms with E-state index in [0.717, 1.165) is 0 Å². The van der Waals surface area contributed by atoms with Crippen LogP contribution in [0.5, 0.6) is 0 Å². The van der Waals surface area contributed by atoms with Crippen LogP contribution in [0.3, 0.4) is 0 Å². The minimum absolute atomic E-state index is 0.000735. The first-order chi connectivity index (χ1) is 6.56. The smallest absolute Gasteiger partial charge is 0.358 e. The van der Waals surface area contributed by atoms with Crippen molar-refractivity contribution in [2.75, 3.05) is 7.11 Å². The summed E-state index contributed by atoms with van der Waals surface area (Å²) in [6.07, 6.45) is 0. The van der Waals surface area contributed by atoms with Gasteiger partial charge in [-0.25, -0.2) is 9.78 Å². The molecule has 0 amide bonds. The van der Waals surface area contributed by atoms with Gasteiger partial charge < -0.3 is 14.3 Å². The molecule has 14 heavy (non-hydrogen) atoms. The highest BCUT2D eigenvalue weighted by Crippen LogP contribution is 2.21. The lowest BCUT2D eigenvalue weighted by Gasteiger charge is -1.99. The molecule has 0 saturated carbocycles. The Hall–Kier alpha value is -1.36. The first-order valence-electron chi connectivity index (χ1n) is 4.28. The summed E-state index contributed by atoms with van der Waals surface area (Å²) in [6, 6.07) is 0. The molecule has 0 bridgehead atoms. The van der Waals surface area contributed by atoms with Gasteiger partial charge in [-0.2, -0.15) is 0 Å². The molecule has 1 aromatic rings. The highest BCUT2D eigenvalue weighted by molar-refractivity contribution is 5.86. The zero-order chi connectivity index (χ0) is 10.7. The molecule has 1 rings (SSSR count). The second kappa shape index (κ2) is 4.23. The SMILES string of the molecule is COCc1nc(C(=O)O)c(C(C)C)o1. The Morgan fingerprint density at radius 3 is 2.64 bits per heavy atom. The lowest BCUT2D eigenvalue weighted by atomic mass is 10.1. The predicted octanol–water partition coefficient (Wildman–Crippen LogP) is 1.64. The molecule has 0 aliphatic heterocycles. The quantitative estimate of drug-likeness (QED) is 0.798. The van der Waals surface area contributed by atoms with Crippen LogP contribution in [0.15, 0.2) is 4.42 Å². The number of rotatable bonds is 4. The molecule has 78 valence electrons. The van der Waals surface area contributed by atoms with Gasteiger partial charge in [0.25, 0.3) is 0 Å². The molecule has 0 aliphatic rings. The molecule has 0 spiro atoms. The Morgan fingerprint density at radius 1 is 1.64 bits per heavy atom. The molecule has 0 aliphatic carbocycles. The number of aromatic carboxylic acids is 1. The van der Waals surface area contributed by atoms with E-state index < -0.39 is 5.97 Å². The summed E-state index contributed by atoms with van der Waals surface area (Å²) in [5.74, 6) is -0.378. The first-order valence-corrected chi connectivity index (χ1v) is 4.28. The Bertz CT molecular complexity index is 330. The number of aromatic nitrogens is 1. The van der Waals surface area contributed by atoms with Crippen LogP contribution in [0.1, 0.15) is 41.9 Å². The van der Waals surface area contributed by atoms with E-state index in [-0.39, 0.29) is 18.2 Å². The summed E-state index contributed by atoms with van der Waals surface area (Å²) < 4.78 is 10.1. The molecule has 5 heteroatoms. The Morgan fingerprint density at radius 2 is 2.29 bits per heavy atom. The number of ether oxygens (including phenoxy) is 1. The summed E-state index contributed by atoms with van der Waals surface area (Å²) in [5.41, 5.74) is -0.0212. The lowest BCUT2D eigenvalue weighted by Crippen LogP contribution is -2.02. The molecule has 0 unspecified atom stereocenters. The maximum absolute atomic E-state index is 10.8. The lowest BCUT2D eigenvalue weighted by molar-refractivity contribution is 0.0688. The fraction of sp³-hybridized carbons (Fsp3) is 0.556. The van der Waals surface area contributed by atoms with Gasteiger partial charge in [-0.15, -0.1) is 0 Å². The largest absolute Gasteiger partial charge is 0.476 e. The van der Waals surface area contributed by atoms with Crippen LogP contribution in [-0.4, -0.2) is 23.2 Å². The van der Waals surface area contributed by atoms with Crippen molar-refractivity contribution in [1.82, 2.24) is 4.98 Å². The number of methoxy groups -OCH3 is 1. The fourth-order valence-electron chi connectivity index (χ4n) is 1.11. The van der Waals surface area contributed by atoms with Gasteiger partial charge in [-0.05, 0) is 0 Å². The summed E-state index contributed by atoms with van der Waals surface area (Å²) >= 11 is 0. The van der Waals surface area contributed by atoms with Gasteiger partial charge in [-0.1, -0.05) is 13.8 Å². The Kier molecular flexibility index (Phi) is 3.24. The maximum atomic E-state index is 10.8. The highest BCUT2D eigenvalue weighted by Gasteiger charge is 2.21. The number of carbonyl (C=O) groups is 1. The Labute approximate surface area is 81.7 Å². The molecule has 1 N–H and O–H groups in total. The predicted molar refractivity (Wildman–Crippen MR) is 48.3 cm³/mol. The third-order valence-corrected chi connectivity index (χ3v) is 1.69. The number of oxazole rings is 1. The van der Waals surface area contributed by atoms with E-state index in [4.69, 9.17) is 14.3 Å². The van der Waals surface area contributed by atoms with E-state index in [9.17, 15) is 4.79 Å². The van der Waals surface area contributed by atoms with Gasteiger partial charge in [0.1, 0.15) is 12.4 Å². The van der Waals surface area contributed by atoms with Gasteiger partial charge in [0, 0.05) is 13.0 Å². The van der Waals surface area contributed by atoms with Gasteiger partial charge in [-0.3, -0.25) is 0 Å². The van der Waals surface area contributed by atoms with E-state index >= 15 is 0 Å². The van der Waals surface area contributed by atoms with Crippen LogP contribution in [0.25, 0.3) is 0 Å². The average Bonchev–Trinajstić information content (AvgIpc) is 2.49. The summed E-state index contributed by atoms with van der Waals surface area (Å²) in [4.78, 5) is 14.6. The van der Waals surface area contributed by atoms with Crippen molar-refractivity contribution in [2.45, 2.75) is 26.4 Å². The van der Waals surface area contributed by atoms with Gasteiger partial charge in [0.15, 0.2) is 5.69 Å². The standard InChI is InChI=1S/C9H13NO4/c1-5(2)8-7(9(11)12)10-6(14-8)4-13-3/h5H,4H2,1-3H3,(H,11,12). The van der Waals surface area contributed by atoms with E-state index in [1.165, 1.54) is 7.11 Å². The zero-order valence-electron chi connectivity index (χ0n) is 8.40. The van der Waals surface area contributed by atoms with Crippen molar-refractivity contribution < 1.29 is 19.1 Å². The van der Waals surface area contributed by atoms with E-state index in [2.05, 4.69) is 4.98 Å². The van der Waals surface area contributed by atoms with Gasteiger partial charge >= 0.3 is 5.97 Å². The zero-order valence-corrected chi connectivity index (χ0v) is 8.40. The number of hydrogen-bond donors (Lipinski definition) is 1. The highest BCUT2D eigenvalue weighted by atomic mass is 16.5. The minimum atomic E-state index is -1.07. The maximum Gasteiger partial charge on any atom is 0.358 e. The number of carboxylic acids is 1. The molecule has 0 saturated heterocycles. The van der Waals surface area contributed by atoms with Crippen LogP contribution in [-0.2, 0) is 11.3 Å². The van der Waals surface area contributed by atoms with Crippen LogP contribution in [0, 0.1) is 0 Å². The Balaban J connectivity index is 3.06. The molecule has 0 atom stereocenters. The summed E-state index contributed by atoms with van der Waals surface area (Å²) in [5, 5.41) is 8.83. The molecule has 1 aromatic heterocycles. The second-order valence-electron chi connectivity index (χ2n) is 3.21. The molecule has 0 fully saturated rings. The molecular formula is C9H13NO4. The van der Waals surface area contributed by atoms with Crippen molar-refractivity contribution >= 4 is 5.97 Å². The van der Waals surface area contributed by atoms with Crippen molar-refractivity contribution in [3.05, 3.63) is 17.3 Å². The van der Waals surface area contributed by atoms with Gasteiger partial charge in [0.05, 0.1) is 0 Å². The van der Waals surface area contributed by atoms with Crippen molar-refractivity contribution in [1.29, 1.82) is 0 Å². The third kappa shape index (κ3) is 2.11. The topological polar surface area (TPSA) is 72.6 Å². The third-order valence-electron chi connectivity index (χ3n) is 1.69.